The van der Waals surface area contributed by atoms with E-state index in [1.807, 2.05) is 6.92 Å². The number of hydrogen-bond donors (Lipinski definition) is 2. The third-order valence-corrected chi connectivity index (χ3v) is 3.11. The predicted molar refractivity (Wildman–Crippen MR) is 78.0 cm³/mol. The van der Waals surface area contributed by atoms with Gasteiger partial charge in [-0.2, -0.15) is 0 Å². The summed E-state index contributed by atoms with van der Waals surface area (Å²) in [5.41, 5.74) is 0.700. The Labute approximate surface area is 119 Å². The maximum absolute atomic E-state index is 12.0. The van der Waals surface area contributed by atoms with Crippen molar-refractivity contribution in [3.63, 3.8) is 0 Å². The topological polar surface area (TPSA) is 66.5 Å². The second kappa shape index (κ2) is 7.81. The number of nitrogens with one attached hydrogen (secondary N) is 2. The third-order valence-electron chi connectivity index (χ3n) is 3.11. The van der Waals surface area contributed by atoms with Crippen molar-refractivity contribution >= 4 is 11.6 Å². The second-order valence-corrected chi connectivity index (χ2v) is 4.75. The molecule has 0 saturated carbocycles. The number of pyridine rings is 1. The van der Waals surface area contributed by atoms with Crippen molar-refractivity contribution in [2.75, 3.05) is 44.6 Å². The van der Waals surface area contributed by atoms with E-state index in [0.29, 0.717) is 24.7 Å². The van der Waals surface area contributed by atoms with Gasteiger partial charge in [-0.25, -0.2) is 4.98 Å². The fourth-order valence-corrected chi connectivity index (χ4v) is 2.15. The highest BCUT2D eigenvalue weighted by molar-refractivity contribution is 5.92. The SMILES string of the molecule is CCOc1ccc(NC(=O)CN2CCCNCC2)cn1. The highest BCUT2D eigenvalue weighted by atomic mass is 16.5. The van der Waals surface area contributed by atoms with E-state index in [4.69, 9.17) is 4.74 Å². The molecule has 1 aromatic rings. The molecule has 2 N–H and O–H groups in total. The van der Waals surface area contributed by atoms with Crippen LogP contribution in [0.15, 0.2) is 18.3 Å². The fourth-order valence-electron chi connectivity index (χ4n) is 2.15. The lowest BCUT2D eigenvalue weighted by Crippen LogP contribution is -2.35. The summed E-state index contributed by atoms with van der Waals surface area (Å²) < 4.78 is 5.26. The summed E-state index contributed by atoms with van der Waals surface area (Å²) in [7, 11) is 0. The molecule has 0 aliphatic carbocycles. The molecule has 1 aliphatic rings. The molecule has 20 heavy (non-hydrogen) atoms. The van der Waals surface area contributed by atoms with Crippen LogP contribution in [0.1, 0.15) is 13.3 Å². The Kier molecular flexibility index (Phi) is 5.76. The van der Waals surface area contributed by atoms with Crippen LogP contribution in [0.4, 0.5) is 5.69 Å². The van der Waals surface area contributed by atoms with Crippen LogP contribution >= 0.6 is 0 Å². The fraction of sp³-hybridized carbons (Fsp3) is 0.571. The standard InChI is InChI=1S/C14H22N4O2/c1-2-20-14-5-4-12(10-16-14)17-13(19)11-18-8-3-6-15-7-9-18/h4-5,10,15H,2-3,6-9,11H2,1H3,(H,17,19). The molecule has 1 saturated heterocycles. The van der Waals surface area contributed by atoms with Crippen LogP contribution in [-0.4, -0.2) is 55.1 Å². The summed E-state index contributed by atoms with van der Waals surface area (Å²) in [6.45, 7) is 6.76. The van der Waals surface area contributed by atoms with Crippen molar-refractivity contribution in [3.05, 3.63) is 18.3 Å². The summed E-state index contributed by atoms with van der Waals surface area (Å²) in [6.07, 6.45) is 2.70. The van der Waals surface area contributed by atoms with Crippen LogP contribution in [0.25, 0.3) is 0 Å². The van der Waals surface area contributed by atoms with Crippen LogP contribution in [0.2, 0.25) is 0 Å². The number of ether oxygens (including phenoxy) is 1. The van der Waals surface area contributed by atoms with E-state index in [1.165, 1.54) is 0 Å². The number of anilines is 1. The molecule has 6 heteroatoms. The molecule has 0 bridgehead atoms. The van der Waals surface area contributed by atoms with E-state index in [2.05, 4.69) is 20.5 Å². The minimum atomic E-state index is -0.00198. The summed E-state index contributed by atoms with van der Waals surface area (Å²) in [4.78, 5) is 18.3. The van der Waals surface area contributed by atoms with Gasteiger partial charge in [0.1, 0.15) is 0 Å². The maximum Gasteiger partial charge on any atom is 0.238 e. The van der Waals surface area contributed by atoms with Crippen LogP contribution in [0.3, 0.4) is 0 Å². The molecule has 2 rings (SSSR count). The van der Waals surface area contributed by atoms with Gasteiger partial charge in [0, 0.05) is 19.2 Å². The zero-order chi connectivity index (χ0) is 14.2. The highest BCUT2D eigenvalue weighted by Gasteiger charge is 2.12. The number of amides is 1. The van der Waals surface area contributed by atoms with Crippen molar-refractivity contribution < 1.29 is 9.53 Å². The first-order valence-corrected chi connectivity index (χ1v) is 7.09. The van der Waals surface area contributed by atoms with Gasteiger partial charge in [0.15, 0.2) is 0 Å². The molecule has 0 spiro atoms. The van der Waals surface area contributed by atoms with Crippen molar-refractivity contribution in [2.24, 2.45) is 0 Å². The minimum Gasteiger partial charge on any atom is -0.478 e. The smallest absolute Gasteiger partial charge is 0.238 e. The van der Waals surface area contributed by atoms with Gasteiger partial charge in [-0.1, -0.05) is 0 Å². The molecule has 2 heterocycles. The van der Waals surface area contributed by atoms with Crippen molar-refractivity contribution in [3.8, 4) is 5.88 Å². The zero-order valence-electron chi connectivity index (χ0n) is 11.9. The largest absolute Gasteiger partial charge is 0.478 e. The van der Waals surface area contributed by atoms with Gasteiger partial charge in [-0.05, 0) is 32.5 Å². The number of carbonyl (C=O) groups is 1. The van der Waals surface area contributed by atoms with Crippen molar-refractivity contribution in [1.29, 1.82) is 0 Å². The summed E-state index contributed by atoms with van der Waals surface area (Å²) >= 11 is 0. The highest BCUT2D eigenvalue weighted by Crippen LogP contribution is 2.11. The van der Waals surface area contributed by atoms with Gasteiger partial charge in [0.05, 0.1) is 25.0 Å². The Bertz CT molecular complexity index is 414. The minimum absolute atomic E-state index is 0.00198. The Morgan fingerprint density at radius 3 is 3.10 bits per heavy atom. The summed E-state index contributed by atoms with van der Waals surface area (Å²) in [6, 6.07) is 3.56. The monoisotopic (exact) mass is 278 g/mol. The van der Waals surface area contributed by atoms with Gasteiger partial charge < -0.3 is 15.4 Å². The number of nitrogens with zero attached hydrogens (tertiary/aromatic N) is 2. The second-order valence-electron chi connectivity index (χ2n) is 4.75. The van der Waals surface area contributed by atoms with Gasteiger partial charge in [0.2, 0.25) is 11.8 Å². The Hall–Kier alpha value is -1.66. The van der Waals surface area contributed by atoms with Crippen LogP contribution in [0.5, 0.6) is 5.88 Å². The quantitative estimate of drug-likeness (QED) is 0.830. The summed E-state index contributed by atoms with van der Waals surface area (Å²) in [5.74, 6) is 0.571. The van der Waals surface area contributed by atoms with Crippen LogP contribution in [0, 0.1) is 0 Å². The Morgan fingerprint density at radius 1 is 1.45 bits per heavy atom. The molecule has 110 valence electrons. The number of carbonyl (C=O) groups excluding carboxylic acids is 1. The predicted octanol–water partition coefficient (Wildman–Crippen LogP) is 0.714. The molecule has 1 fully saturated rings. The van der Waals surface area contributed by atoms with Crippen molar-refractivity contribution in [1.82, 2.24) is 15.2 Å². The van der Waals surface area contributed by atoms with E-state index in [9.17, 15) is 4.79 Å². The normalized spacial score (nSPS) is 16.4. The van der Waals surface area contributed by atoms with Gasteiger partial charge in [-0.3, -0.25) is 9.69 Å². The number of hydrogen-bond acceptors (Lipinski definition) is 5. The molecule has 1 aromatic heterocycles. The van der Waals surface area contributed by atoms with Gasteiger partial charge in [-0.15, -0.1) is 0 Å². The molecule has 0 atom stereocenters. The van der Waals surface area contributed by atoms with E-state index in [-0.39, 0.29) is 5.91 Å². The molecule has 1 aliphatic heterocycles. The maximum atomic E-state index is 12.0. The molecular weight excluding hydrogens is 256 g/mol. The Morgan fingerprint density at radius 2 is 2.35 bits per heavy atom. The van der Waals surface area contributed by atoms with E-state index < -0.39 is 0 Å². The number of aromatic nitrogens is 1. The summed E-state index contributed by atoms with van der Waals surface area (Å²) in [5, 5.41) is 6.18. The lowest BCUT2D eigenvalue weighted by atomic mass is 10.3. The van der Waals surface area contributed by atoms with Crippen molar-refractivity contribution in [2.45, 2.75) is 13.3 Å². The average Bonchev–Trinajstić information content (AvgIpc) is 2.70. The molecule has 1 amide bonds. The first-order chi connectivity index (χ1) is 9.78. The molecule has 0 radical (unpaired) electrons. The lowest BCUT2D eigenvalue weighted by Gasteiger charge is -2.18. The zero-order valence-corrected chi connectivity index (χ0v) is 11.9. The van der Waals surface area contributed by atoms with Crippen LogP contribution < -0.4 is 15.4 Å². The van der Waals surface area contributed by atoms with E-state index in [1.54, 1.807) is 18.3 Å². The first kappa shape index (κ1) is 14.7. The third kappa shape index (κ3) is 4.79. The van der Waals surface area contributed by atoms with E-state index in [0.717, 1.165) is 32.6 Å². The van der Waals surface area contributed by atoms with Gasteiger partial charge in [0.25, 0.3) is 0 Å². The van der Waals surface area contributed by atoms with Gasteiger partial charge >= 0.3 is 0 Å². The average molecular weight is 278 g/mol. The Balaban J connectivity index is 1.81. The van der Waals surface area contributed by atoms with Crippen LogP contribution in [-0.2, 0) is 4.79 Å². The molecule has 0 unspecified atom stereocenters. The molecular formula is C14H22N4O2. The molecule has 0 aromatic carbocycles. The molecule has 6 nitrogen and oxygen atoms in total. The number of rotatable bonds is 5. The lowest BCUT2D eigenvalue weighted by molar-refractivity contribution is -0.117. The first-order valence-electron chi connectivity index (χ1n) is 7.09. The van der Waals surface area contributed by atoms with E-state index >= 15 is 0 Å².